The van der Waals surface area contributed by atoms with Crippen LogP contribution in [0, 0.1) is 39.7 Å². The van der Waals surface area contributed by atoms with E-state index in [4.69, 9.17) is 14.2 Å². The molecule has 3 amide bonds. The van der Waals surface area contributed by atoms with Gasteiger partial charge in [-0.25, -0.2) is 0 Å². The Bertz CT molecular complexity index is 2120. The summed E-state index contributed by atoms with van der Waals surface area (Å²) in [6.07, 6.45) is 0.710. The Morgan fingerprint density at radius 1 is 0.980 bits per heavy atom. The van der Waals surface area contributed by atoms with Crippen molar-refractivity contribution in [3.8, 4) is 17.2 Å². The maximum absolute atomic E-state index is 14.1. The monoisotopic (exact) mass is 728 g/mol. The summed E-state index contributed by atoms with van der Waals surface area (Å²) in [5.41, 5.74) is 1.69. The van der Waals surface area contributed by atoms with Crippen molar-refractivity contribution < 1.29 is 33.5 Å². The number of hydrogen-bond donors (Lipinski definition) is 2. The van der Waals surface area contributed by atoms with E-state index in [9.17, 15) is 29.3 Å². The molecule has 4 unspecified atom stereocenters. The van der Waals surface area contributed by atoms with Gasteiger partial charge in [-0.1, -0.05) is 17.4 Å². The standard InChI is InChI=1S/C36H32N4O9S2/c1-3-48-25-14-17(4-13-24(25)49-16-26(41)37-18-5-11-21(47-2)12-6-18)27-28-22-15-23(31(28)50-33-32(27)51-36(44)38-33)30-29(22)34(42)39(35(30)43)19-7-9-20(10-8-19)40(45)46/h4-14,22-23,27-31H,3,15-16H2,1-2H3,(H,37,41)(H,38,44)/t22-,23-,27-,28?,29?,30?,31?/m1/s1. The Labute approximate surface area is 299 Å². The molecule has 2 bridgehead atoms. The van der Waals surface area contributed by atoms with Gasteiger partial charge in [0.2, 0.25) is 11.8 Å². The number of thiazole rings is 1. The number of aromatic amines is 1. The first-order valence-corrected chi connectivity index (χ1v) is 18.2. The predicted molar refractivity (Wildman–Crippen MR) is 189 cm³/mol. The molecule has 8 rings (SSSR count). The fourth-order valence-electron chi connectivity index (χ4n) is 8.49. The van der Waals surface area contributed by atoms with Gasteiger partial charge in [0, 0.05) is 33.9 Å². The van der Waals surface area contributed by atoms with Crippen LogP contribution in [0.5, 0.6) is 17.2 Å². The molecule has 4 aromatic rings. The zero-order chi connectivity index (χ0) is 35.6. The van der Waals surface area contributed by atoms with E-state index in [1.165, 1.54) is 29.2 Å². The highest BCUT2D eigenvalue weighted by Crippen LogP contribution is 2.68. The van der Waals surface area contributed by atoms with Crippen LogP contribution in [0.4, 0.5) is 17.1 Å². The Morgan fingerprint density at radius 2 is 1.71 bits per heavy atom. The molecule has 2 saturated carbocycles. The van der Waals surface area contributed by atoms with Gasteiger partial charge in [0.05, 0.1) is 41.2 Å². The van der Waals surface area contributed by atoms with Gasteiger partial charge >= 0.3 is 4.87 Å². The molecule has 0 radical (unpaired) electrons. The lowest BCUT2D eigenvalue weighted by molar-refractivity contribution is -0.384. The first-order valence-electron chi connectivity index (χ1n) is 16.5. The number of carbonyl (C=O) groups is 3. The lowest BCUT2D eigenvalue weighted by Crippen LogP contribution is -2.42. The van der Waals surface area contributed by atoms with Crippen molar-refractivity contribution in [2.75, 3.05) is 30.5 Å². The Hall–Kier alpha value is -5.15. The number of non-ortho nitro benzene ring substituents is 1. The van der Waals surface area contributed by atoms with E-state index in [0.717, 1.165) is 26.8 Å². The third kappa shape index (κ3) is 5.55. The fourth-order valence-corrected chi connectivity index (χ4v) is 11.4. The molecule has 2 N–H and O–H groups in total. The number of nitrogens with zero attached hydrogens (tertiary/aromatic N) is 2. The number of rotatable bonds is 10. The van der Waals surface area contributed by atoms with Crippen LogP contribution in [0.1, 0.15) is 29.7 Å². The molecule has 1 saturated heterocycles. The summed E-state index contributed by atoms with van der Waals surface area (Å²) in [5, 5.41) is 14.8. The summed E-state index contributed by atoms with van der Waals surface area (Å²) in [4.78, 5) is 69.1. The molecular formula is C36H32N4O9S2. The third-order valence-electron chi connectivity index (χ3n) is 10.4. The molecule has 0 spiro atoms. The third-order valence-corrected chi connectivity index (χ3v) is 13.0. The molecule has 3 heterocycles. The number of fused-ring (bicyclic) bond motifs is 9. The van der Waals surface area contributed by atoms with E-state index in [2.05, 4.69) is 10.3 Å². The van der Waals surface area contributed by atoms with Gasteiger partial charge in [-0.15, -0.1) is 11.8 Å². The second-order valence-electron chi connectivity index (χ2n) is 13.0. The average molecular weight is 729 g/mol. The molecule has 15 heteroatoms. The van der Waals surface area contributed by atoms with Crippen LogP contribution in [-0.4, -0.2) is 53.2 Å². The summed E-state index contributed by atoms with van der Waals surface area (Å²) < 4.78 is 17.1. The maximum atomic E-state index is 14.1. The summed E-state index contributed by atoms with van der Waals surface area (Å²) >= 11 is 2.74. The smallest absolute Gasteiger partial charge is 0.305 e. The van der Waals surface area contributed by atoms with Crippen LogP contribution >= 0.6 is 23.1 Å². The number of methoxy groups -OCH3 is 1. The lowest BCUT2D eigenvalue weighted by Gasteiger charge is -2.43. The highest BCUT2D eigenvalue weighted by molar-refractivity contribution is 8.00. The average Bonchev–Trinajstić information content (AvgIpc) is 3.87. The van der Waals surface area contributed by atoms with E-state index in [0.29, 0.717) is 41.7 Å². The van der Waals surface area contributed by atoms with E-state index in [1.54, 1.807) is 49.2 Å². The number of nitro benzene ring substituents is 1. The van der Waals surface area contributed by atoms with E-state index in [-0.39, 0.29) is 63.8 Å². The first-order chi connectivity index (χ1) is 24.7. The Kier molecular flexibility index (Phi) is 8.33. The SMILES string of the molecule is CCOc1cc([C@H]2c3sc(=O)[nH]c3SC3C2[C@H]2C[C@@H]3C3C(=O)N(c4ccc([N+](=O)[O-])cc4)C(=O)C32)ccc1OCC(=O)Nc1ccc(OC)cc1. The van der Waals surface area contributed by atoms with Gasteiger partial charge in [-0.2, -0.15) is 0 Å². The topological polar surface area (TPSA) is 170 Å². The van der Waals surface area contributed by atoms with Gasteiger partial charge in [0.1, 0.15) is 5.75 Å². The maximum Gasteiger partial charge on any atom is 0.305 e. The van der Waals surface area contributed by atoms with E-state index >= 15 is 0 Å². The van der Waals surface area contributed by atoms with Crippen molar-refractivity contribution in [1.29, 1.82) is 0 Å². The van der Waals surface area contributed by atoms with Crippen LogP contribution in [0.15, 0.2) is 76.6 Å². The number of nitrogens with one attached hydrogen (secondary N) is 2. The minimum atomic E-state index is -0.530. The van der Waals surface area contributed by atoms with Gasteiger partial charge < -0.3 is 24.5 Å². The van der Waals surface area contributed by atoms with Gasteiger partial charge in [-0.05, 0) is 85.2 Å². The molecule has 262 valence electrons. The second kappa shape index (κ2) is 12.9. The fraction of sp³-hybridized carbons (Fsp3) is 0.333. The number of benzene rings is 3. The summed E-state index contributed by atoms with van der Waals surface area (Å²) in [6, 6.07) is 18.0. The molecule has 4 aliphatic rings. The van der Waals surface area contributed by atoms with Crippen LogP contribution < -0.4 is 29.3 Å². The molecule has 1 aromatic heterocycles. The molecule has 13 nitrogen and oxygen atoms in total. The minimum Gasteiger partial charge on any atom is -0.497 e. The molecule has 51 heavy (non-hydrogen) atoms. The number of thioether (sulfide) groups is 1. The first kappa shape index (κ1) is 33.0. The Morgan fingerprint density at radius 3 is 2.39 bits per heavy atom. The summed E-state index contributed by atoms with van der Waals surface area (Å²) in [6.45, 7) is 1.94. The van der Waals surface area contributed by atoms with Gasteiger partial charge in [0.15, 0.2) is 18.1 Å². The molecule has 7 atom stereocenters. The van der Waals surface area contributed by atoms with Crippen molar-refractivity contribution >= 4 is 57.9 Å². The van der Waals surface area contributed by atoms with E-state index in [1.807, 2.05) is 19.1 Å². The predicted octanol–water partition coefficient (Wildman–Crippen LogP) is 5.45. The number of ether oxygens (including phenoxy) is 3. The number of carbonyl (C=O) groups excluding carboxylic acids is 3. The normalized spacial score (nSPS) is 25.6. The molecule has 2 aliphatic heterocycles. The number of nitro groups is 1. The van der Waals surface area contributed by atoms with E-state index < -0.39 is 16.8 Å². The zero-order valence-corrected chi connectivity index (χ0v) is 29.0. The molecule has 3 fully saturated rings. The number of anilines is 2. The number of aromatic nitrogens is 1. The van der Waals surface area contributed by atoms with Crippen molar-refractivity contribution in [1.82, 2.24) is 4.98 Å². The highest BCUT2D eigenvalue weighted by atomic mass is 32.2. The number of imide groups is 1. The lowest BCUT2D eigenvalue weighted by atomic mass is 9.68. The van der Waals surface area contributed by atoms with Crippen LogP contribution in [0.25, 0.3) is 0 Å². The number of amides is 3. The summed E-state index contributed by atoms with van der Waals surface area (Å²) in [5.74, 6) is -0.958. The molecule has 3 aromatic carbocycles. The van der Waals surface area contributed by atoms with Crippen molar-refractivity contribution in [2.45, 2.75) is 29.5 Å². The van der Waals surface area contributed by atoms with Crippen molar-refractivity contribution in [3.05, 3.63) is 97.0 Å². The molecule has 2 aliphatic carbocycles. The van der Waals surface area contributed by atoms with Gasteiger partial charge in [0.25, 0.3) is 11.6 Å². The quantitative estimate of drug-likeness (QED) is 0.122. The van der Waals surface area contributed by atoms with Crippen LogP contribution in [0.2, 0.25) is 0 Å². The minimum absolute atomic E-state index is 0.0271. The summed E-state index contributed by atoms with van der Waals surface area (Å²) in [7, 11) is 1.57. The number of H-pyrrole nitrogens is 1. The Balaban J connectivity index is 1.08. The second-order valence-corrected chi connectivity index (χ2v) is 15.2. The molecular weight excluding hydrogens is 697 g/mol. The zero-order valence-electron chi connectivity index (χ0n) is 27.4. The van der Waals surface area contributed by atoms with Crippen LogP contribution in [-0.2, 0) is 14.4 Å². The van der Waals surface area contributed by atoms with Gasteiger partial charge in [-0.3, -0.25) is 34.2 Å². The largest absolute Gasteiger partial charge is 0.497 e. The van der Waals surface area contributed by atoms with Crippen LogP contribution in [0.3, 0.4) is 0 Å². The highest BCUT2D eigenvalue weighted by Gasteiger charge is 2.69. The van der Waals surface area contributed by atoms with Crippen molar-refractivity contribution in [2.24, 2.45) is 29.6 Å². The number of hydrogen-bond acceptors (Lipinski definition) is 11. The van der Waals surface area contributed by atoms with Crippen molar-refractivity contribution in [3.63, 3.8) is 0 Å².